The predicted molar refractivity (Wildman–Crippen MR) is 114 cm³/mol. The number of amides is 3. The first-order chi connectivity index (χ1) is 13.6. The number of hydrogen-bond donors (Lipinski definition) is 1. The molecule has 28 heavy (non-hydrogen) atoms. The van der Waals surface area contributed by atoms with Crippen LogP contribution in [0, 0.1) is 0 Å². The topological polar surface area (TPSA) is 65.5 Å². The minimum atomic E-state index is -0.0729. The molecule has 0 bridgehead atoms. The molecule has 2 fully saturated rings. The number of likely N-dealkylation sites (tertiary alicyclic amines) is 1. The van der Waals surface area contributed by atoms with E-state index in [0.717, 1.165) is 45.2 Å². The van der Waals surface area contributed by atoms with E-state index in [1.54, 1.807) is 6.20 Å². The second-order valence-corrected chi connectivity index (χ2v) is 9.48. The van der Waals surface area contributed by atoms with Gasteiger partial charge in [0.1, 0.15) is 4.34 Å². The maximum absolute atomic E-state index is 13.2. The van der Waals surface area contributed by atoms with E-state index in [1.165, 1.54) is 37.0 Å². The van der Waals surface area contributed by atoms with Gasteiger partial charge in [0.2, 0.25) is 5.91 Å². The van der Waals surface area contributed by atoms with Crippen molar-refractivity contribution < 1.29 is 9.59 Å². The molecule has 3 rings (SSSR count). The van der Waals surface area contributed by atoms with Crippen LogP contribution in [0.4, 0.5) is 9.93 Å². The first-order valence-electron chi connectivity index (χ1n) is 10.6. The van der Waals surface area contributed by atoms with Gasteiger partial charge in [-0.3, -0.25) is 10.1 Å². The van der Waals surface area contributed by atoms with E-state index in [4.69, 9.17) is 11.6 Å². The Hall–Kier alpha value is -1.34. The fourth-order valence-corrected chi connectivity index (χ4v) is 5.20. The SMILES string of the molecule is CCCC(=O)N1CCC(N(C(=O)Nc2ncc(Cl)s2)C2CCCCCC2)CC1. The Morgan fingerprint density at radius 3 is 2.39 bits per heavy atom. The molecule has 1 aromatic heterocycles. The number of nitrogens with zero attached hydrogens (tertiary/aromatic N) is 3. The molecule has 1 aromatic rings. The number of nitrogens with one attached hydrogen (secondary N) is 1. The van der Waals surface area contributed by atoms with Crippen molar-refractivity contribution in [1.29, 1.82) is 0 Å². The van der Waals surface area contributed by atoms with Gasteiger partial charge in [-0.25, -0.2) is 9.78 Å². The normalized spacial score (nSPS) is 19.3. The van der Waals surface area contributed by atoms with Gasteiger partial charge in [-0.1, -0.05) is 55.5 Å². The number of anilines is 1. The van der Waals surface area contributed by atoms with Crippen molar-refractivity contribution in [2.24, 2.45) is 0 Å². The van der Waals surface area contributed by atoms with E-state index >= 15 is 0 Å². The highest BCUT2D eigenvalue weighted by atomic mass is 35.5. The summed E-state index contributed by atoms with van der Waals surface area (Å²) < 4.78 is 0.569. The second-order valence-electron chi connectivity index (χ2n) is 7.81. The molecule has 0 atom stereocenters. The van der Waals surface area contributed by atoms with E-state index in [2.05, 4.69) is 15.2 Å². The number of aromatic nitrogens is 1. The van der Waals surface area contributed by atoms with Crippen LogP contribution >= 0.6 is 22.9 Å². The van der Waals surface area contributed by atoms with Gasteiger partial charge in [0, 0.05) is 31.6 Å². The number of thiazole rings is 1. The van der Waals surface area contributed by atoms with Gasteiger partial charge in [0.15, 0.2) is 5.13 Å². The highest BCUT2D eigenvalue weighted by Crippen LogP contribution is 2.29. The molecule has 0 aromatic carbocycles. The van der Waals surface area contributed by atoms with Crippen molar-refractivity contribution in [2.45, 2.75) is 83.2 Å². The summed E-state index contributed by atoms with van der Waals surface area (Å²) in [6, 6.07) is 0.362. The Morgan fingerprint density at radius 2 is 1.82 bits per heavy atom. The average Bonchev–Trinajstić information content (AvgIpc) is 2.92. The van der Waals surface area contributed by atoms with E-state index in [-0.39, 0.29) is 24.0 Å². The molecule has 8 heteroatoms. The lowest BCUT2D eigenvalue weighted by atomic mass is 9.98. The summed E-state index contributed by atoms with van der Waals surface area (Å²) in [5.41, 5.74) is 0. The van der Waals surface area contributed by atoms with E-state index in [9.17, 15) is 9.59 Å². The van der Waals surface area contributed by atoms with Crippen molar-refractivity contribution in [3.05, 3.63) is 10.5 Å². The van der Waals surface area contributed by atoms with Crippen LogP contribution in [0.15, 0.2) is 6.20 Å². The first kappa shape index (κ1) is 21.4. The Labute approximate surface area is 176 Å². The second kappa shape index (κ2) is 10.4. The highest BCUT2D eigenvalue weighted by Gasteiger charge is 2.34. The van der Waals surface area contributed by atoms with Gasteiger partial charge < -0.3 is 9.80 Å². The predicted octanol–water partition coefficient (Wildman–Crippen LogP) is 5.14. The fourth-order valence-electron chi connectivity index (χ4n) is 4.40. The van der Waals surface area contributed by atoms with Crippen molar-refractivity contribution in [3.8, 4) is 0 Å². The van der Waals surface area contributed by atoms with E-state index in [1.807, 2.05) is 11.8 Å². The van der Waals surface area contributed by atoms with Crippen LogP contribution < -0.4 is 5.32 Å². The van der Waals surface area contributed by atoms with Crippen molar-refractivity contribution in [1.82, 2.24) is 14.8 Å². The van der Waals surface area contributed by atoms with Crippen LogP contribution in [0.5, 0.6) is 0 Å². The van der Waals surface area contributed by atoms with E-state index in [0.29, 0.717) is 15.9 Å². The molecule has 1 saturated heterocycles. The lowest BCUT2D eigenvalue weighted by Crippen LogP contribution is -2.53. The average molecular weight is 427 g/mol. The van der Waals surface area contributed by atoms with Crippen LogP contribution in [-0.2, 0) is 4.79 Å². The molecule has 1 aliphatic carbocycles. The Balaban J connectivity index is 1.69. The van der Waals surface area contributed by atoms with Gasteiger partial charge in [-0.15, -0.1) is 0 Å². The van der Waals surface area contributed by atoms with Crippen molar-refractivity contribution in [3.63, 3.8) is 0 Å². The third kappa shape index (κ3) is 5.60. The van der Waals surface area contributed by atoms with Crippen LogP contribution in [-0.4, -0.2) is 51.9 Å². The zero-order valence-electron chi connectivity index (χ0n) is 16.7. The summed E-state index contributed by atoms with van der Waals surface area (Å²) in [6.07, 6.45) is 11.7. The zero-order chi connectivity index (χ0) is 19.9. The molecule has 1 saturated carbocycles. The number of rotatable bonds is 5. The minimum absolute atomic E-state index is 0.0729. The number of carbonyl (C=O) groups is 2. The monoisotopic (exact) mass is 426 g/mol. The third-order valence-corrected chi connectivity index (χ3v) is 6.85. The molecule has 3 amide bonds. The first-order valence-corrected chi connectivity index (χ1v) is 11.8. The zero-order valence-corrected chi connectivity index (χ0v) is 18.2. The summed E-state index contributed by atoms with van der Waals surface area (Å²) >= 11 is 7.25. The maximum atomic E-state index is 13.2. The van der Waals surface area contributed by atoms with Crippen molar-refractivity contribution in [2.75, 3.05) is 18.4 Å². The fraction of sp³-hybridized carbons (Fsp3) is 0.750. The number of carbonyl (C=O) groups excluding carboxylic acids is 2. The molecule has 2 aliphatic rings. The molecular weight excluding hydrogens is 396 g/mol. The number of urea groups is 1. The van der Waals surface area contributed by atoms with Gasteiger partial charge in [-0.2, -0.15) is 0 Å². The lowest BCUT2D eigenvalue weighted by Gasteiger charge is -2.42. The summed E-state index contributed by atoms with van der Waals surface area (Å²) in [5.74, 6) is 0.240. The molecule has 0 radical (unpaired) electrons. The quantitative estimate of drug-likeness (QED) is 0.662. The number of piperidine rings is 1. The Bertz CT molecular complexity index is 652. The third-order valence-electron chi connectivity index (χ3n) is 5.82. The molecule has 1 N–H and O–H groups in total. The molecule has 0 spiro atoms. The van der Waals surface area contributed by atoms with Gasteiger partial charge in [-0.05, 0) is 32.1 Å². The Morgan fingerprint density at radius 1 is 1.18 bits per heavy atom. The summed E-state index contributed by atoms with van der Waals surface area (Å²) in [7, 11) is 0. The molecule has 0 unspecified atom stereocenters. The Kier molecular flexibility index (Phi) is 7.97. The van der Waals surface area contributed by atoms with Crippen molar-refractivity contribution >= 4 is 40.0 Å². The molecule has 2 heterocycles. The number of halogens is 1. The molecule has 1 aliphatic heterocycles. The smallest absolute Gasteiger partial charge is 0.324 e. The summed E-state index contributed by atoms with van der Waals surface area (Å²) in [6.45, 7) is 3.51. The number of hydrogen-bond acceptors (Lipinski definition) is 4. The van der Waals surface area contributed by atoms with E-state index < -0.39 is 0 Å². The van der Waals surface area contributed by atoms with Crippen LogP contribution in [0.1, 0.15) is 71.1 Å². The van der Waals surface area contributed by atoms with Crippen LogP contribution in [0.2, 0.25) is 4.34 Å². The summed E-state index contributed by atoms with van der Waals surface area (Å²) in [4.78, 5) is 33.6. The van der Waals surface area contributed by atoms with Gasteiger partial charge in [0.25, 0.3) is 0 Å². The minimum Gasteiger partial charge on any atom is -0.343 e. The molecule has 6 nitrogen and oxygen atoms in total. The highest BCUT2D eigenvalue weighted by molar-refractivity contribution is 7.19. The standard InChI is InChI=1S/C20H31ClN4O2S/c1-2-7-18(26)24-12-10-16(11-13-24)25(15-8-5-3-4-6-9-15)20(27)23-19-22-14-17(21)28-19/h14-16H,2-13H2,1H3,(H,22,23,27). The van der Waals surface area contributed by atoms with Crippen LogP contribution in [0.3, 0.4) is 0 Å². The van der Waals surface area contributed by atoms with Gasteiger partial charge in [0.05, 0.1) is 6.20 Å². The largest absolute Gasteiger partial charge is 0.343 e. The lowest BCUT2D eigenvalue weighted by molar-refractivity contribution is -0.132. The summed E-state index contributed by atoms with van der Waals surface area (Å²) in [5, 5.41) is 3.51. The molecule has 156 valence electrons. The van der Waals surface area contributed by atoms with Crippen LogP contribution in [0.25, 0.3) is 0 Å². The van der Waals surface area contributed by atoms with Gasteiger partial charge >= 0.3 is 6.03 Å². The molecular formula is C20H31ClN4O2S. The maximum Gasteiger partial charge on any atom is 0.324 e.